The molecule has 0 saturated carbocycles. The highest BCUT2D eigenvalue weighted by atomic mass is 31.1. The molecule has 3 aromatic rings. The summed E-state index contributed by atoms with van der Waals surface area (Å²) in [5.41, 5.74) is 4.25. The Hall–Kier alpha value is -1.49. The van der Waals surface area contributed by atoms with E-state index >= 15 is 0 Å². The standard InChI is InChI=1S/C24H28F2P2/c1-15-16(2)20(6)27(19(15)5)13-14-28(23-11-7-9-21(25)17(23)3)24-12-8-10-22(26)18(24)4/h7-12H,13-14H2,1-6H3. The molecule has 0 fully saturated rings. The third kappa shape index (κ3) is 3.83. The molecule has 0 saturated heterocycles. The fourth-order valence-electron chi connectivity index (χ4n) is 3.88. The maximum atomic E-state index is 14.3. The third-order valence-electron chi connectivity index (χ3n) is 6.06. The smallest absolute Gasteiger partial charge is 0.126 e. The maximum Gasteiger partial charge on any atom is 0.126 e. The molecule has 148 valence electrons. The normalized spacial score (nSPS) is 11.5. The summed E-state index contributed by atoms with van der Waals surface area (Å²) >= 11 is 0. The largest absolute Gasteiger partial charge is 0.207 e. The van der Waals surface area contributed by atoms with Crippen LogP contribution in [0.25, 0.3) is 0 Å². The highest BCUT2D eigenvalue weighted by Gasteiger charge is 2.22. The van der Waals surface area contributed by atoms with E-state index in [-0.39, 0.29) is 19.2 Å². The third-order valence-corrected chi connectivity index (χ3v) is 12.2. The molecule has 0 radical (unpaired) electrons. The molecule has 0 atom stereocenters. The lowest BCUT2D eigenvalue weighted by molar-refractivity contribution is 0.620. The van der Waals surface area contributed by atoms with Crippen LogP contribution < -0.4 is 10.6 Å². The van der Waals surface area contributed by atoms with Gasteiger partial charge < -0.3 is 0 Å². The van der Waals surface area contributed by atoms with E-state index in [4.69, 9.17) is 0 Å². The molecular formula is C24H28F2P2. The number of benzene rings is 2. The monoisotopic (exact) mass is 416 g/mol. The first-order chi connectivity index (χ1) is 13.2. The fourth-order valence-corrected chi connectivity index (χ4v) is 10.1. The topological polar surface area (TPSA) is 0 Å². The number of hydrogen-bond donors (Lipinski definition) is 0. The molecule has 0 nitrogen and oxygen atoms in total. The Morgan fingerprint density at radius 1 is 0.679 bits per heavy atom. The van der Waals surface area contributed by atoms with Gasteiger partial charge in [-0.2, -0.15) is 0 Å². The Labute approximate surface area is 169 Å². The van der Waals surface area contributed by atoms with Gasteiger partial charge in [0.25, 0.3) is 0 Å². The van der Waals surface area contributed by atoms with Crippen LogP contribution in [0.5, 0.6) is 0 Å². The van der Waals surface area contributed by atoms with Gasteiger partial charge in [0.1, 0.15) is 11.6 Å². The zero-order valence-corrected chi connectivity index (χ0v) is 19.3. The second kappa shape index (κ2) is 8.48. The van der Waals surface area contributed by atoms with Gasteiger partial charge in [-0.25, -0.2) is 8.78 Å². The van der Waals surface area contributed by atoms with Gasteiger partial charge in [-0.1, -0.05) is 24.3 Å². The van der Waals surface area contributed by atoms with E-state index in [1.165, 1.54) is 33.9 Å². The predicted octanol–water partition coefficient (Wildman–Crippen LogP) is 6.93. The lowest BCUT2D eigenvalue weighted by atomic mass is 10.2. The summed E-state index contributed by atoms with van der Waals surface area (Å²) in [6, 6.07) is 10.6. The van der Waals surface area contributed by atoms with Crippen molar-refractivity contribution in [3.63, 3.8) is 0 Å². The number of rotatable bonds is 5. The fraction of sp³-hybridized carbons (Fsp3) is 0.333. The molecule has 2 aromatic carbocycles. The van der Waals surface area contributed by atoms with Gasteiger partial charge in [-0.3, -0.25) is 0 Å². The van der Waals surface area contributed by atoms with Crippen LogP contribution in [0.2, 0.25) is 0 Å². The SMILES string of the molecule is Cc1c(F)cccc1P(CCp1c(C)c(C)c(C)c1C)c1cccc(F)c1C. The lowest BCUT2D eigenvalue weighted by Crippen LogP contribution is -2.20. The van der Waals surface area contributed by atoms with Crippen LogP contribution >= 0.6 is 15.5 Å². The van der Waals surface area contributed by atoms with E-state index in [9.17, 15) is 8.78 Å². The average Bonchev–Trinajstić information content (AvgIpc) is 2.85. The molecule has 0 aliphatic carbocycles. The van der Waals surface area contributed by atoms with Crippen molar-refractivity contribution in [1.29, 1.82) is 0 Å². The van der Waals surface area contributed by atoms with Crippen LogP contribution in [-0.4, -0.2) is 6.16 Å². The molecule has 0 spiro atoms. The molecule has 0 aliphatic heterocycles. The zero-order valence-electron chi connectivity index (χ0n) is 17.5. The summed E-state index contributed by atoms with van der Waals surface area (Å²) in [6.45, 7) is 12.6. The minimum Gasteiger partial charge on any atom is -0.207 e. The lowest BCUT2D eigenvalue weighted by Gasteiger charge is -2.23. The molecule has 4 heteroatoms. The summed E-state index contributed by atoms with van der Waals surface area (Å²) in [5, 5.41) is 5.09. The van der Waals surface area contributed by atoms with Gasteiger partial charge in [0.2, 0.25) is 0 Å². The van der Waals surface area contributed by atoms with Crippen molar-refractivity contribution in [2.75, 3.05) is 6.16 Å². The summed E-state index contributed by atoms with van der Waals surface area (Å²) in [5.74, 6) is -0.353. The minimum atomic E-state index is -0.817. The summed E-state index contributed by atoms with van der Waals surface area (Å²) < 4.78 is 28.7. The molecule has 3 rings (SSSR count). The second-order valence-electron chi connectivity index (χ2n) is 7.49. The van der Waals surface area contributed by atoms with Crippen molar-refractivity contribution in [2.24, 2.45) is 0 Å². The molecule has 0 unspecified atom stereocenters. The molecule has 0 amide bonds. The van der Waals surface area contributed by atoms with Crippen LogP contribution in [0.1, 0.15) is 32.8 Å². The Kier molecular flexibility index (Phi) is 6.43. The van der Waals surface area contributed by atoms with Crippen molar-refractivity contribution in [1.82, 2.24) is 0 Å². The van der Waals surface area contributed by atoms with Gasteiger partial charge in [-0.15, -0.1) is 7.53 Å². The van der Waals surface area contributed by atoms with E-state index in [2.05, 4.69) is 27.7 Å². The van der Waals surface area contributed by atoms with Crippen LogP contribution in [-0.2, 0) is 6.16 Å². The molecular weight excluding hydrogens is 388 g/mol. The highest BCUT2D eigenvalue weighted by molar-refractivity contribution is 7.73. The first-order valence-corrected chi connectivity index (χ1v) is 12.7. The first-order valence-electron chi connectivity index (χ1n) is 9.64. The molecule has 0 N–H and O–H groups in total. The van der Waals surface area contributed by atoms with Crippen molar-refractivity contribution >= 4 is 26.1 Å². The summed E-state index contributed by atoms with van der Waals surface area (Å²) in [4.78, 5) is 0. The molecule has 0 bridgehead atoms. The number of hydrogen-bond acceptors (Lipinski definition) is 0. The van der Waals surface area contributed by atoms with Gasteiger partial charge in [0, 0.05) is 0 Å². The van der Waals surface area contributed by atoms with E-state index in [0.717, 1.165) is 22.9 Å². The maximum absolute atomic E-state index is 14.3. The van der Waals surface area contributed by atoms with Gasteiger partial charge in [-0.05, 0) is 117 Å². The van der Waals surface area contributed by atoms with Crippen LogP contribution in [0.15, 0.2) is 36.4 Å². The first kappa shape index (κ1) is 21.2. The van der Waals surface area contributed by atoms with E-state index in [1.807, 2.05) is 26.0 Å². The highest BCUT2D eigenvalue weighted by Crippen LogP contribution is 2.48. The molecule has 28 heavy (non-hydrogen) atoms. The Balaban J connectivity index is 2.06. The molecule has 0 aliphatic rings. The van der Waals surface area contributed by atoms with Gasteiger partial charge >= 0.3 is 0 Å². The predicted molar refractivity (Wildman–Crippen MR) is 121 cm³/mol. The van der Waals surface area contributed by atoms with E-state index in [0.29, 0.717) is 11.1 Å². The van der Waals surface area contributed by atoms with Crippen molar-refractivity contribution in [2.45, 2.75) is 47.7 Å². The van der Waals surface area contributed by atoms with Crippen molar-refractivity contribution < 1.29 is 8.78 Å². The Morgan fingerprint density at radius 3 is 1.54 bits per heavy atom. The minimum absolute atomic E-state index is 0.176. The van der Waals surface area contributed by atoms with Gasteiger partial charge in [0.05, 0.1) is 0 Å². The number of halogens is 2. The van der Waals surface area contributed by atoms with Crippen molar-refractivity contribution in [3.8, 4) is 0 Å². The van der Waals surface area contributed by atoms with E-state index < -0.39 is 7.92 Å². The van der Waals surface area contributed by atoms with Crippen LogP contribution in [0, 0.1) is 53.2 Å². The van der Waals surface area contributed by atoms with E-state index in [1.54, 1.807) is 12.1 Å². The van der Waals surface area contributed by atoms with Gasteiger partial charge in [0.15, 0.2) is 0 Å². The quantitative estimate of drug-likeness (QED) is 0.396. The summed E-state index contributed by atoms with van der Waals surface area (Å²) in [7, 11) is -1.12. The van der Waals surface area contributed by atoms with Crippen LogP contribution in [0.3, 0.4) is 0 Å². The Morgan fingerprint density at radius 2 is 1.11 bits per heavy atom. The van der Waals surface area contributed by atoms with Crippen molar-refractivity contribution in [3.05, 3.63) is 80.9 Å². The zero-order chi connectivity index (χ0) is 20.6. The van der Waals surface area contributed by atoms with Crippen LogP contribution in [0.4, 0.5) is 8.78 Å². The summed E-state index contributed by atoms with van der Waals surface area (Å²) in [6.07, 6.45) is 2.02. The molecule has 1 aromatic heterocycles. The average molecular weight is 416 g/mol. The second-order valence-corrected chi connectivity index (χ2v) is 12.4. The Bertz CT molecular complexity index is 941. The molecule has 1 heterocycles.